The molecule has 13 rings (SSSR count). The molecule has 5 aromatic carbocycles. The van der Waals surface area contributed by atoms with Crippen molar-refractivity contribution in [3.05, 3.63) is 162 Å². The van der Waals surface area contributed by atoms with Gasteiger partial charge in [0.1, 0.15) is 0 Å². The molecule has 0 amide bonds. The number of hydrogen-bond acceptors (Lipinski definition) is 6. The Bertz CT molecular complexity index is 2480. The predicted molar refractivity (Wildman–Crippen MR) is 190 cm³/mol. The first-order chi connectivity index (χ1) is 25.0. The number of fused-ring (bicyclic) bond motifs is 32. The van der Waals surface area contributed by atoms with Gasteiger partial charge in [0.15, 0.2) is 11.5 Å². The molecule has 0 aliphatic heterocycles. The van der Waals surface area contributed by atoms with E-state index < -0.39 is 20.8 Å². The minimum absolute atomic E-state index is 0.0891. The molecular weight excluding hydrogens is 697 g/mol. The summed E-state index contributed by atoms with van der Waals surface area (Å²) in [5.41, 5.74) is 17.1. The molecule has 4 unspecified atom stereocenters. The van der Waals surface area contributed by atoms with E-state index in [9.17, 15) is 25.9 Å². The van der Waals surface area contributed by atoms with Crippen LogP contribution in [0.1, 0.15) is 162 Å². The van der Waals surface area contributed by atoms with Crippen LogP contribution in [0.5, 0.6) is 11.5 Å². The molecule has 0 heterocycles. The molecule has 258 valence electrons. The Kier molecular flexibility index (Phi) is 5.02. The normalized spacial score (nSPS) is 29.0. The summed E-state index contributed by atoms with van der Waals surface area (Å²) in [6.07, 6.45) is 3.20. The maximum atomic E-state index is 12.7. The molecule has 8 bridgehead atoms. The van der Waals surface area contributed by atoms with Gasteiger partial charge in [0.05, 0.1) is 0 Å². The van der Waals surface area contributed by atoms with Crippen molar-refractivity contribution in [2.45, 2.75) is 73.0 Å². The van der Waals surface area contributed by atoms with Crippen LogP contribution in [-0.4, -0.2) is 25.9 Å². The minimum Gasteiger partial charge on any atom is -0.361 e. The molecule has 52 heavy (non-hydrogen) atoms. The molecule has 8 aliphatic rings. The standard InChI is InChI=1S/C42H30O8S2/c43-51(44,45)49-41-37-33-15-34(30-12-26-22-9-21(25(26)11-29(30)33)17-5-1-2-6-18(17)22)38(37)42(50-52(46,47)48)40-36-16-35(39(40)41)31-13-27-23-10-24(28(27)14-32(31)36)20-8-4-3-7-19(20)23/h1-8,11-14,21-24,33-36H,9-10,15-16H2,(H,43,44,45)(H,46,47,48)/t21-,22?,23+,24?,33-,34?,35+,36?. The van der Waals surface area contributed by atoms with Crippen molar-refractivity contribution in [3.63, 3.8) is 0 Å². The predicted octanol–water partition coefficient (Wildman–Crippen LogP) is 7.97. The lowest BCUT2D eigenvalue weighted by Crippen LogP contribution is -2.20. The Balaban J connectivity index is 1.03. The zero-order valence-electron chi connectivity index (χ0n) is 27.5. The van der Waals surface area contributed by atoms with Crippen LogP contribution in [0.4, 0.5) is 0 Å². The van der Waals surface area contributed by atoms with E-state index in [1.807, 2.05) is 0 Å². The van der Waals surface area contributed by atoms with Crippen LogP contribution in [0.25, 0.3) is 0 Å². The van der Waals surface area contributed by atoms with Crippen LogP contribution in [0.2, 0.25) is 0 Å². The van der Waals surface area contributed by atoms with Gasteiger partial charge in [0.25, 0.3) is 0 Å². The van der Waals surface area contributed by atoms with E-state index in [1.54, 1.807) is 0 Å². The van der Waals surface area contributed by atoms with Crippen molar-refractivity contribution >= 4 is 20.8 Å². The van der Waals surface area contributed by atoms with Crippen LogP contribution < -0.4 is 8.37 Å². The Morgan fingerprint density at radius 2 is 0.615 bits per heavy atom. The van der Waals surface area contributed by atoms with Crippen LogP contribution in [0.3, 0.4) is 0 Å². The largest absolute Gasteiger partial charge is 0.446 e. The van der Waals surface area contributed by atoms with Crippen molar-refractivity contribution in [2.24, 2.45) is 0 Å². The Hall–Kier alpha value is -4.48. The van der Waals surface area contributed by atoms with E-state index in [1.165, 1.54) is 44.5 Å². The summed E-state index contributed by atoms with van der Waals surface area (Å²) in [6.45, 7) is 0. The quantitative estimate of drug-likeness (QED) is 0.179. The number of hydrogen-bond donors (Lipinski definition) is 2. The lowest BCUT2D eigenvalue weighted by Gasteiger charge is -2.32. The van der Waals surface area contributed by atoms with Gasteiger partial charge < -0.3 is 8.37 Å². The molecule has 8 atom stereocenters. The molecule has 8 aliphatic carbocycles. The minimum atomic E-state index is -4.96. The molecular formula is C42H30O8S2. The van der Waals surface area contributed by atoms with Crippen molar-refractivity contribution in [1.29, 1.82) is 0 Å². The fourth-order valence-corrected chi connectivity index (χ4v) is 13.6. The Morgan fingerprint density at radius 3 is 0.865 bits per heavy atom. The molecule has 0 saturated heterocycles. The Morgan fingerprint density at radius 1 is 0.385 bits per heavy atom. The summed E-state index contributed by atoms with van der Waals surface area (Å²) >= 11 is 0. The lowest BCUT2D eigenvalue weighted by atomic mass is 9.74. The molecule has 0 aromatic heterocycles. The highest BCUT2D eigenvalue weighted by atomic mass is 32.3. The maximum Gasteiger partial charge on any atom is 0.446 e. The van der Waals surface area contributed by atoms with Crippen molar-refractivity contribution < 1.29 is 34.3 Å². The van der Waals surface area contributed by atoms with Gasteiger partial charge in [0, 0.05) is 69.6 Å². The van der Waals surface area contributed by atoms with Crippen LogP contribution >= 0.6 is 0 Å². The van der Waals surface area contributed by atoms with Gasteiger partial charge in [-0.1, -0.05) is 72.8 Å². The fourth-order valence-electron chi connectivity index (χ4n) is 12.8. The highest BCUT2D eigenvalue weighted by Crippen LogP contribution is 2.71. The third-order valence-corrected chi connectivity index (χ3v) is 15.0. The van der Waals surface area contributed by atoms with Crippen molar-refractivity contribution in [1.82, 2.24) is 0 Å². The average Bonchev–Trinajstić information content (AvgIpc) is 3.98. The highest BCUT2D eigenvalue weighted by molar-refractivity contribution is 7.81. The molecule has 0 saturated carbocycles. The SMILES string of the molecule is O=S(=O)(O)Oc1c2c(c(OS(=O)(=O)O)c3c1C1C[C@H]3c3cc4c(cc31)C1C[C@H]4c3ccccc31)[C@@H]1CC2c2cc3c(cc21)[C@@H]1CC3c2ccccc21. The smallest absolute Gasteiger partial charge is 0.361 e. The van der Waals surface area contributed by atoms with Crippen LogP contribution in [0, 0.1) is 0 Å². The third-order valence-electron chi connectivity index (χ3n) is 14.3. The van der Waals surface area contributed by atoms with Gasteiger partial charge in [-0.05, 0) is 92.4 Å². The Labute approximate surface area is 300 Å². The van der Waals surface area contributed by atoms with Crippen LogP contribution in [-0.2, 0) is 20.8 Å². The van der Waals surface area contributed by atoms with Crippen molar-refractivity contribution in [2.75, 3.05) is 0 Å². The molecule has 0 radical (unpaired) electrons. The van der Waals surface area contributed by atoms with E-state index in [0.29, 0.717) is 58.8 Å². The van der Waals surface area contributed by atoms with E-state index in [4.69, 9.17) is 8.37 Å². The second-order valence-corrected chi connectivity index (χ2v) is 18.2. The van der Waals surface area contributed by atoms with Crippen molar-refractivity contribution in [3.8, 4) is 11.5 Å². The fraction of sp³-hybridized carbons (Fsp3) is 0.286. The molecule has 5 aromatic rings. The van der Waals surface area contributed by atoms with E-state index in [0.717, 1.165) is 35.1 Å². The lowest BCUT2D eigenvalue weighted by molar-refractivity contribution is 0.375. The first-order valence-electron chi connectivity index (χ1n) is 18.1. The van der Waals surface area contributed by atoms with Gasteiger partial charge in [-0.15, -0.1) is 0 Å². The molecule has 0 fully saturated rings. The maximum absolute atomic E-state index is 12.7. The van der Waals surface area contributed by atoms with Gasteiger partial charge in [0.2, 0.25) is 0 Å². The van der Waals surface area contributed by atoms with Gasteiger partial charge in [-0.2, -0.15) is 16.8 Å². The molecule has 8 nitrogen and oxygen atoms in total. The van der Waals surface area contributed by atoms with E-state index >= 15 is 0 Å². The summed E-state index contributed by atoms with van der Waals surface area (Å²) in [5, 5.41) is 0. The summed E-state index contributed by atoms with van der Waals surface area (Å²) in [4.78, 5) is 0. The summed E-state index contributed by atoms with van der Waals surface area (Å²) < 4.78 is 82.7. The first kappa shape index (κ1) is 29.0. The van der Waals surface area contributed by atoms with Gasteiger partial charge >= 0.3 is 20.8 Å². The van der Waals surface area contributed by atoms with Gasteiger partial charge in [-0.25, -0.2) is 0 Å². The molecule has 2 N–H and O–H groups in total. The zero-order valence-corrected chi connectivity index (χ0v) is 29.2. The summed E-state index contributed by atoms with van der Waals surface area (Å²) in [6, 6.07) is 26.3. The number of benzene rings is 5. The average molecular weight is 727 g/mol. The molecule has 0 spiro atoms. The zero-order chi connectivity index (χ0) is 34.7. The highest BCUT2D eigenvalue weighted by Gasteiger charge is 2.56. The molecule has 10 heteroatoms. The summed E-state index contributed by atoms with van der Waals surface area (Å²) in [5.74, 6) is 0.158. The second-order valence-electron chi connectivity index (χ2n) is 16.2. The summed E-state index contributed by atoms with van der Waals surface area (Å²) in [7, 11) is -9.93. The topological polar surface area (TPSA) is 127 Å². The monoisotopic (exact) mass is 726 g/mol. The van der Waals surface area contributed by atoms with Crippen LogP contribution in [0.15, 0.2) is 72.8 Å². The van der Waals surface area contributed by atoms with E-state index in [-0.39, 0.29) is 35.2 Å². The van der Waals surface area contributed by atoms with E-state index in [2.05, 4.69) is 72.8 Å². The second kappa shape index (κ2) is 8.99. The van der Waals surface area contributed by atoms with Gasteiger partial charge in [-0.3, -0.25) is 9.11 Å². The number of rotatable bonds is 4. The first-order valence-corrected chi connectivity index (χ1v) is 20.9. The third kappa shape index (κ3) is 3.37.